The molecule has 1 heterocycles. The quantitative estimate of drug-likeness (QED) is 0.637. The van der Waals surface area contributed by atoms with Gasteiger partial charge >= 0.3 is 6.03 Å². The van der Waals surface area contributed by atoms with Gasteiger partial charge in [0.15, 0.2) is 0 Å². The van der Waals surface area contributed by atoms with Crippen molar-refractivity contribution in [2.24, 2.45) is 0 Å². The van der Waals surface area contributed by atoms with E-state index in [0.717, 1.165) is 32.1 Å². The fourth-order valence-electron chi connectivity index (χ4n) is 2.82. The minimum Gasteiger partial charge on any atom is -0.497 e. The first-order chi connectivity index (χ1) is 12.9. The minimum atomic E-state index is -0.346. The normalized spacial score (nSPS) is 15.1. The van der Waals surface area contributed by atoms with Gasteiger partial charge in [-0.2, -0.15) is 0 Å². The highest BCUT2D eigenvalue weighted by Crippen LogP contribution is 2.15. The van der Waals surface area contributed by atoms with Crippen molar-refractivity contribution in [1.29, 1.82) is 0 Å². The van der Waals surface area contributed by atoms with Gasteiger partial charge in [-0.25, -0.2) is 4.79 Å². The molecule has 0 aromatic heterocycles. The van der Waals surface area contributed by atoms with Gasteiger partial charge in [-0.15, -0.1) is 0 Å². The lowest BCUT2D eigenvalue weighted by Crippen LogP contribution is -2.55. The molecule has 8 heteroatoms. The highest BCUT2D eigenvalue weighted by Gasteiger charge is 2.28. The number of hydrogen-bond acceptors (Lipinski definition) is 5. The number of carbonyl (C=O) groups excluding carboxylic acids is 2. The van der Waals surface area contributed by atoms with Gasteiger partial charge in [-0.05, 0) is 38.1 Å². The van der Waals surface area contributed by atoms with Crippen molar-refractivity contribution in [2.75, 3.05) is 51.8 Å². The molecular weight excluding hydrogens is 348 g/mol. The first kappa shape index (κ1) is 21.0. The molecule has 0 aliphatic carbocycles. The van der Waals surface area contributed by atoms with Crippen molar-refractivity contribution in [3.8, 4) is 5.75 Å². The summed E-state index contributed by atoms with van der Waals surface area (Å²) in [6.45, 7) is 8.25. The predicted molar refractivity (Wildman–Crippen MR) is 104 cm³/mol. The van der Waals surface area contributed by atoms with Crippen LogP contribution in [-0.2, 0) is 9.53 Å². The lowest BCUT2D eigenvalue weighted by atomic mass is 10.0. The lowest BCUT2D eigenvalue weighted by Gasteiger charge is -2.40. The monoisotopic (exact) mass is 378 g/mol. The number of nitrogens with one attached hydrogen (secondary N) is 3. The summed E-state index contributed by atoms with van der Waals surface area (Å²) in [5.41, 5.74) is 0.531. The number of amides is 3. The summed E-state index contributed by atoms with van der Waals surface area (Å²) in [6, 6.07) is 6.68. The molecule has 150 valence electrons. The second kappa shape index (κ2) is 10.1. The van der Waals surface area contributed by atoms with Crippen molar-refractivity contribution in [1.82, 2.24) is 15.5 Å². The molecule has 1 fully saturated rings. The molecule has 1 saturated heterocycles. The average molecular weight is 378 g/mol. The third-order valence-corrected chi connectivity index (χ3v) is 4.57. The van der Waals surface area contributed by atoms with E-state index in [2.05, 4.69) is 34.7 Å². The molecular formula is C19H30N4O4. The number of hydrogen-bond donors (Lipinski definition) is 3. The SMILES string of the molecule is COc1ccc(NC(=O)NCCC(=O)NCC(C)(C)N2CCOCC2)cc1. The minimum absolute atomic E-state index is 0.0823. The lowest BCUT2D eigenvalue weighted by molar-refractivity contribution is -0.121. The molecule has 0 saturated carbocycles. The summed E-state index contributed by atoms with van der Waals surface area (Å²) in [4.78, 5) is 26.2. The van der Waals surface area contributed by atoms with Crippen LogP contribution in [0.4, 0.5) is 10.5 Å². The van der Waals surface area contributed by atoms with E-state index >= 15 is 0 Å². The number of carbonyl (C=O) groups is 2. The third-order valence-electron chi connectivity index (χ3n) is 4.57. The van der Waals surface area contributed by atoms with E-state index in [9.17, 15) is 9.59 Å². The van der Waals surface area contributed by atoms with Crippen LogP contribution in [-0.4, -0.2) is 68.9 Å². The molecule has 8 nitrogen and oxygen atoms in total. The maximum absolute atomic E-state index is 12.0. The van der Waals surface area contributed by atoms with Gasteiger partial charge in [0.05, 0.1) is 20.3 Å². The molecule has 3 N–H and O–H groups in total. The first-order valence-corrected chi connectivity index (χ1v) is 9.19. The van der Waals surface area contributed by atoms with Crippen LogP contribution in [0.3, 0.4) is 0 Å². The van der Waals surface area contributed by atoms with E-state index in [1.165, 1.54) is 0 Å². The first-order valence-electron chi connectivity index (χ1n) is 9.19. The second-order valence-corrected chi connectivity index (χ2v) is 7.05. The Bertz CT molecular complexity index is 613. The molecule has 2 rings (SSSR count). The predicted octanol–water partition coefficient (Wildman–Crippen LogP) is 1.43. The largest absolute Gasteiger partial charge is 0.497 e. The third kappa shape index (κ3) is 7.07. The van der Waals surface area contributed by atoms with Crippen molar-refractivity contribution in [3.05, 3.63) is 24.3 Å². The Morgan fingerprint density at radius 1 is 1.15 bits per heavy atom. The Morgan fingerprint density at radius 2 is 1.81 bits per heavy atom. The van der Waals surface area contributed by atoms with Gasteiger partial charge in [0.1, 0.15) is 5.75 Å². The van der Waals surface area contributed by atoms with E-state index in [1.54, 1.807) is 31.4 Å². The zero-order chi connectivity index (χ0) is 19.7. The molecule has 1 aliphatic rings. The fourth-order valence-corrected chi connectivity index (χ4v) is 2.82. The molecule has 0 bridgehead atoms. The molecule has 1 aromatic carbocycles. The molecule has 1 aromatic rings. The van der Waals surface area contributed by atoms with E-state index in [1.807, 2.05) is 0 Å². The van der Waals surface area contributed by atoms with Crippen molar-refractivity contribution >= 4 is 17.6 Å². The Hall–Kier alpha value is -2.32. The standard InChI is InChI=1S/C19H30N4O4/c1-19(2,23-10-12-27-13-11-23)14-21-17(24)8-9-20-18(25)22-15-4-6-16(26-3)7-5-15/h4-7H,8-14H2,1-3H3,(H,21,24)(H2,20,22,25). The van der Waals surface area contributed by atoms with Crippen molar-refractivity contribution < 1.29 is 19.1 Å². The number of ether oxygens (including phenoxy) is 2. The smallest absolute Gasteiger partial charge is 0.319 e. The second-order valence-electron chi connectivity index (χ2n) is 7.05. The summed E-state index contributed by atoms with van der Waals surface area (Å²) in [5, 5.41) is 8.34. The highest BCUT2D eigenvalue weighted by molar-refractivity contribution is 5.89. The fraction of sp³-hybridized carbons (Fsp3) is 0.579. The summed E-state index contributed by atoms with van der Waals surface area (Å²) < 4.78 is 10.4. The van der Waals surface area contributed by atoms with Crippen LogP contribution in [0.2, 0.25) is 0 Å². The molecule has 0 atom stereocenters. The topological polar surface area (TPSA) is 91.9 Å². The molecule has 3 amide bonds. The van der Waals surface area contributed by atoms with Gasteiger partial charge in [0.2, 0.25) is 5.91 Å². The summed E-state index contributed by atoms with van der Waals surface area (Å²) in [7, 11) is 1.59. The molecule has 27 heavy (non-hydrogen) atoms. The number of morpholine rings is 1. The van der Waals surface area contributed by atoms with Gasteiger partial charge in [-0.1, -0.05) is 0 Å². The zero-order valence-electron chi connectivity index (χ0n) is 16.3. The summed E-state index contributed by atoms with van der Waals surface area (Å²) in [6.07, 6.45) is 0.231. The zero-order valence-corrected chi connectivity index (χ0v) is 16.3. The number of methoxy groups -OCH3 is 1. The number of urea groups is 1. The number of rotatable bonds is 8. The van der Waals surface area contributed by atoms with E-state index in [0.29, 0.717) is 12.2 Å². The number of anilines is 1. The van der Waals surface area contributed by atoms with Crippen LogP contribution in [0, 0.1) is 0 Å². The maximum atomic E-state index is 12.0. The molecule has 0 unspecified atom stereocenters. The molecule has 0 radical (unpaired) electrons. The van der Waals surface area contributed by atoms with Crippen molar-refractivity contribution in [3.63, 3.8) is 0 Å². The van der Waals surface area contributed by atoms with Crippen LogP contribution in [0.1, 0.15) is 20.3 Å². The van der Waals surface area contributed by atoms with Crippen molar-refractivity contribution in [2.45, 2.75) is 25.8 Å². The highest BCUT2D eigenvalue weighted by atomic mass is 16.5. The van der Waals surface area contributed by atoms with Gasteiger partial charge in [-0.3, -0.25) is 9.69 Å². The number of benzene rings is 1. The number of nitrogens with zero attached hydrogens (tertiary/aromatic N) is 1. The van der Waals surface area contributed by atoms with Crippen LogP contribution in [0.5, 0.6) is 5.75 Å². The van der Waals surface area contributed by atoms with E-state index < -0.39 is 0 Å². The van der Waals surface area contributed by atoms with Gasteiger partial charge < -0.3 is 25.4 Å². The van der Waals surface area contributed by atoms with Crippen LogP contribution in [0.15, 0.2) is 24.3 Å². The summed E-state index contributed by atoms with van der Waals surface area (Å²) in [5.74, 6) is 0.638. The Kier molecular flexibility index (Phi) is 7.87. The van der Waals surface area contributed by atoms with Crippen LogP contribution in [0.25, 0.3) is 0 Å². The van der Waals surface area contributed by atoms with Gasteiger partial charge in [0.25, 0.3) is 0 Å². The molecule has 1 aliphatic heterocycles. The Balaban J connectivity index is 1.63. The maximum Gasteiger partial charge on any atom is 0.319 e. The van der Waals surface area contributed by atoms with Crippen LogP contribution >= 0.6 is 0 Å². The average Bonchev–Trinajstić information content (AvgIpc) is 2.68. The summed E-state index contributed by atoms with van der Waals surface area (Å²) >= 11 is 0. The van der Waals surface area contributed by atoms with E-state index in [4.69, 9.17) is 9.47 Å². The van der Waals surface area contributed by atoms with Crippen LogP contribution < -0.4 is 20.7 Å². The Labute approximate surface area is 160 Å². The Morgan fingerprint density at radius 3 is 2.44 bits per heavy atom. The molecule has 0 spiro atoms. The van der Waals surface area contributed by atoms with Gasteiger partial charge in [0, 0.05) is 43.8 Å². The van der Waals surface area contributed by atoms with E-state index in [-0.39, 0.29) is 30.4 Å².